The van der Waals surface area contributed by atoms with E-state index >= 15 is 0 Å². The summed E-state index contributed by atoms with van der Waals surface area (Å²) in [5.74, 6) is -0.316. The quantitative estimate of drug-likeness (QED) is 0.771. The molecule has 0 radical (unpaired) electrons. The lowest BCUT2D eigenvalue weighted by Gasteiger charge is -2.29. The number of anilines is 1. The fourth-order valence-electron chi connectivity index (χ4n) is 3.96. The van der Waals surface area contributed by atoms with Crippen LogP contribution in [0.3, 0.4) is 0 Å². The van der Waals surface area contributed by atoms with Gasteiger partial charge in [-0.2, -0.15) is 0 Å². The third-order valence-electron chi connectivity index (χ3n) is 5.53. The predicted molar refractivity (Wildman–Crippen MR) is 103 cm³/mol. The zero-order chi connectivity index (χ0) is 20.4. The first-order valence-corrected chi connectivity index (χ1v) is 9.66. The van der Waals surface area contributed by atoms with Gasteiger partial charge in [-0.05, 0) is 38.0 Å². The molecule has 152 valence electrons. The number of benzene rings is 2. The van der Waals surface area contributed by atoms with Crippen LogP contribution in [-0.2, 0) is 19.7 Å². The van der Waals surface area contributed by atoms with E-state index in [2.05, 4.69) is 5.32 Å². The average molecular weight is 399 g/mol. The minimum absolute atomic E-state index is 0.138. The second-order valence-electron chi connectivity index (χ2n) is 7.37. The van der Waals surface area contributed by atoms with Crippen molar-refractivity contribution in [2.75, 3.05) is 12.1 Å². The molecular formula is C22H22FNO5. The number of rotatable bonds is 5. The summed E-state index contributed by atoms with van der Waals surface area (Å²) in [6.45, 7) is 1.64. The normalized spacial score (nSPS) is 17.6. The number of hydrogen-bond acceptors (Lipinski definition) is 5. The van der Waals surface area contributed by atoms with Crippen molar-refractivity contribution >= 4 is 17.6 Å². The summed E-state index contributed by atoms with van der Waals surface area (Å²) in [6, 6.07) is 11.3. The number of hydrogen-bond donors (Lipinski definition) is 1. The van der Waals surface area contributed by atoms with Crippen molar-refractivity contribution in [2.45, 2.75) is 44.1 Å². The zero-order valence-corrected chi connectivity index (χ0v) is 16.1. The number of fused-ring (bicyclic) bond motifs is 1. The molecule has 6 nitrogen and oxygen atoms in total. The molecule has 1 aliphatic carbocycles. The van der Waals surface area contributed by atoms with E-state index in [1.165, 1.54) is 13.0 Å². The molecule has 1 heterocycles. The van der Waals surface area contributed by atoms with Crippen LogP contribution >= 0.6 is 0 Å². The number of amides is 1. The molecule has 0 aromatic heterocycles. The largest absolute Gasteiger partial charge is 0.454 e. The molecule has 1 fully saturated rings. The van der Waals surface area contributed by atoms with Gasteiger partial charge in [0.05, 0.1) is 5.41 Å². The Morgan fingerprint density at radius 3 is 2.59 bits per heavy atom. The third kappa shape index (κ3) is 3.64. The Morgan fingerprint density at radius 1 is 1.10 bits per heavy atom. The monoisotopic (exact) mass is 399 g/mol. The molecule has 0 unspecified atom stereocenters. The van der Waals surface area contributed by atoms with E-state index in [4.69, 9.17) is 14.2 Å². The fraction of sp³-hybridized carbons (Fsp3) is 0.364. The van der Waals surface area contributed by atoms with E-state index in [9.17, 15) is 14.0 Å². The molecule has 1 atom stereocenters. The number of esters is 1. The van der Waals surface area contributed by atoms with Crippen LogP contribution in [0.15, 0.2) is 42.5 Å². The molecule has 29 heavy (non-hydrogen) atoms. The molecule has 0 saturated heterocycles. The summed E-state index contributed by atoms with van der Waals surface area (Å²) in [5, 5.41) is 2.71. The second-order valence-corrected chi connectivity index (χ2v) is 7.37. The Morgan fingerprint density at radius 2 is 1.83 bits per heavy atom. The van der Waals surface area contributed by atoms with Crippen molar-refractivity contribution in [3.8, 4) is 11.5 Å². The number of ether oxygens (including phenoxy) is 3. The van der Waals surface area contributed by atoms with Crippen molar-refractivity contribution in [3.63, 3.8) is 0 Å². The van der Waals surface area contributed by atoms with Crippen molar-refractivity contribution in [2.24, 2.45) is 0 Å². The van der Waals surface area contributed by atoms with Crippen LogP contribution in [0.25, 0.3) is 0 Å². The van der Waals surface area contributed by atoms with Crippen molar-refractivity contribution < 1.29 is 28.2 Å². The van der Waals surface area contributed by atoms with Gasteiger partial charge in [-0.3, -0.25) is 9.59 Å². The molecule has 0 spiro atoms. The first-order valence-electron chi connectivity index (χ1n) is 9.66. The van der Waals surface area contributed by atoms with Crippen LogP contribution in [0.4, 0.5) is 10.1 Å². The van der Waals surface area contributed by atoms with E-state index in [0.29, 0.717) is 35.6 Å². The zero-order valence-electron chi connectivity index (χ0n) is 16.1. The van der Waals surface area contributed by atoms with Gasteiger partial charge in [0.25, 0.3) is 5.91 Å². The molecule has 7 heteroatoms. The van der Waals surface area contributed by atoms with Gasteiger partial charge in [0.1, 0.15) is 5.82 Å². The standard InChI is InChI=1S/C22H22FNO5/c1-14(20(25)24-15-8-9-18-19(12-15)28-13-27-18)29-21(26)22(10-4-5-11-22)16-6-2-3-7-17(16)23/h2-3,6-9,12,14H,4-5,10-11,13H2,1H3,(H,24,25)/t14-/m1/s1. The number of carbonyl (C=O) groups excluding carboxylic acids is 2. The summed E-state index contributed by atoms with van der Waals surface area (Å²) < 4.78 is 30.5. The van der Waals surface area contributed by atoms with Crippen LogP contribution in [0, 0.1) is 5.82 Å². The molecule has 2 aromatic rings. The first-order chi connectivity index (χ1) is 14.0. The van der Waals surface area contributed by atoms with Gasteiger partial charge in [-0.1, -0.05) is 31.0 Å². The second kappa shape index (κ2) is 7.73. The molecule has 2 aliphatic rings. The summed E-state index contributed by atoms with van der Waals surface area (Å²) in [7, 11) is 0. The topological polar surface area (TPSA) is 73.9 Å². The smallest absolute Gasteiger partial charge is 0.317 e. The molecule has 1 saturated carbocycles. The molecule has 2 aromatic carbocycles. The van der Waals surface area contributed by atoms with Crippen LogP contribution in [-0.4, -0.2) is 24.8 Å². The highest BCUT2D eigenvalue weighted by Crippen LogP contribution is 2.43. The van der Waals surface area contributed by atoms with Gasteiger partial charge in [-0.25, -0.2) is 4.39 Å². The molecule has 1 amide bonds. The van der Waals surface area contributed by atoms with Gasteiger partial charge < -0.3 is 19.5 Å². The Hall–Kier alpha value is -3.09. The number of nitrogens with one attached hydrogen (secondary N) is 1. The van der Waals surface area contributed by atoms with Crippen LogP contribution < -0.4 is 14.8 Å². The first kappa shape index (κ1) is 19.2. The summed E-state index contributed by atoms with van der Waals surface area (Å²) in [5.41, 5.74) is -0.198. The van der Waals surface area contributed by atoms with Gasteiger partial charge in [0.2, 0.25) is 6.79 Å². The van der Waals surface area contributed by atoms with E-state index in [0.717, 1.165) is 12.8 Å². The fourth-order valence-corrected chi connectivity index (χ4v) is 3.96. The highest BCUT2D eigenvalue weighted by Gasteiger charge is 2.46. The summed E-state index contributed by atoms with van der Waals surface area (Å²) >= 11 is 0. The van der Waals surface area contributed by atoms with Crippen molar-refractivity contribution in [1.82, 2.24) is 0 Å². The molecule has 4 rings (SSSR count). The van der Waals surface area contributed by atoms with Crippen LogP contribution in [0.5, 0.6) is 11.5 Å². The SMILES string of the molecule is C[C@@H](OC(=O)C1(c2ccccc2F)CCCC1)C(=O)Nc1ccc2c(c1)OCO2. The summed E-state index contributed by atoms with van der Waals surface area (Å²) in [4.78, 5) is 25.6. The van der Waals surface area contributed by atoms with Gasteiger partial charge in [-0.15, -0.1) is 0 Å². The Kier molecular flexibility index (Phi) is 5.13. The minimum Gasteiger partial charge on any atom is -0.454 e. The van der Waals surface area contributed by atoms with Crippen LogP contribution in [0.1, 0.15) is 38.2 Å². The van der Waals surface area contributed by atoms with E-state index in [1.807, 2.05) is 0 Å². The minimum atomic E-state index is -1.04. The van der Waals surface area contributed by atoms with Crippen LogP contribution in [0.2, 0.25) is 0 Å². The average Bonchev–Trinajstić information content (AvgIpc) is 3.38. The molecule has 1 aliphatic heterocycles. The Bertz CT molecular complexity index is 939. The van der Waals surface area contributed by atoms with E-state index in [1.54, 1.807) is 36.4 Å². The van der Waals surface area contributed by atoms with Gasteiger partial charge in [0.15, 0.2) is 17.6 Å². The highest BCUT2D eigenvalue weighted by atomic mass is 19.1. The third-order valence-corrected chi connectivity index (χ3v) is 5.53. The maximum atomic E-state index is 14.4. The lowest BCUT2D eigenvalue weighted by atomic mass is 9.78. The molecular weight excluding hydrogens is 377 g/mol. The summed E-state index contributed by atoms with van der Waals surface area (Å²) in [6.07, 6.45) is 1.59. The van der Waals surface area contributed by atoms with E-state index < -0.39 is 29.2 Å². The van der Waals surface area contributed by atoms with Gasteiger partial charge >= 0.3 is 5.97 Å². The van der Waals surface area contributed by atoms with Crippen molar-refractivity contribution in [3.05, 3.63) is 53.8 Å². The Balaban J connectivity index is 1.46. The maximum Gasteiger partial charge on any atom is 0.317 e. The van der Waals surface area contributed by atoms with Gasteiger partial charge in [0, 0.05) is 17.3 Å². The molecule has 1 N–H and O–H groups in total. The molecule has 0 bridgehead atoms. The predicted octanol–water partition coefficient (Wildman–Crippen LogP) is 3.94. The Labute approximate surface area is 168 Å². The number of carbonyl (C=O) groups is 2. The highest BCUT2D eigenvalue weighted by molar-refractivity contribution is 5.96. The lowest BCUT2D eigenvalue weighted by Crippen LogP contribution is -2.40. The lowest BCUT2D eigenvalue weighted by molar-refractivity contribution is -0.159. The van der Waals surface area contributed by atoms with E-state index in [-0.39, 0.29) is 6.79 Å². The van der Waals surface area contributed by atoms with Crippen molar-refractivity contribution in [1.29, 1.82) is 0 Å². The number of halogens is 1. The maximum absolute atomic E-state index is 14.4.